The van der Waals surface area contributed by atoms with E-state index in [2.05, 4.69) is 4.74 Å². The molecule has 0 aromatic heterocycles. The Bertz CT molecular complexity index is 696. The fourth-order valence-electron chi connectivity index (χ4n) is 1.76. The van der Waals surface area contributed by atoms with Crippen LogP contribution in [-0.4, -0.2) is 15.0 Å². The van der Waals surface area contributed by atoms with E-state index in [9.17, 15) is 17.6 Å². The van der Waals surface area contributed by atoms with Crippen molar-refractivity contribution in [1.82, 2.24) is 0 Å². The second kappa shape index (κ2) is 6.03. The molecule has 0 saturated carbocycles. The van der Waals surface area contributed by atoms with Crippen LogP contribution in [-0.2, 0) is 0 Å². The highest BCUT2D eigenvalue weighted by Crippen LogP contribution is 2.26. The summed E-state index contributed by atoms with van der Waals surface area (Å²) in [6.07, 6.45) is 2.42. The van der Waals surface area contributed by atoms with E-state index in [0.717, 1.165) is 13.2 Å². The van der Waals surface area contributed by atoms with E-state index in [0.29, 0.717) is 5.56 Å². The third kappa shape index (κ3) is 2.94. The van der Waals surface area contributed by atoms with Gasteiger partial charge in [-0.05, 0) is 29.2 Å². The van der Waals surface area contributed by atoms with Crippen LogP contribution in [0.2, 0.25) is 0 Å². The van der Waals surface area contributed by atoms with Crippen LogP contribution in [0.1, 0.15) is 11.1 Å². The molecule has 2 aromatic carbocycles. The minimum Gasteiger partial charge on any atom is -0.491 e. The molecule has 0 atom stereocenters. The van der Waals surface area contributed by atoms with E-state index in [1.54, 1.807) is 0 Å². The van der Waals surface area contributed by atoms with Crippen molar-refractivity contribution in [2.24, 2.45) is 0 Å². The minimum atomic E-state index is -1.29. The van der Waals surface area contributed by atoms with Crippen molar-refractivity contribution < 1.29 is 22.3 Å². The first-order valence-electron chi connectivity index (χ1n) is 5.89. The zero-order valence-corrected chi connectivity index (χ0v) is 11.0. The average molecular weight is 292 g/mol. The molecule has 106 valence electrons. The number of hydrogen-bond acceptors (Lipinski definition) is 1. The smallest absolute Gasteiger partial charge is 0.190 e. The van der Waals surface area contributed by atoms with Crippen LogP contribution in [0.25, 0.3) is 12.2 Å². The van der Waals surface area contributed by atoms with Crippen LogP contribution in [0.15, 0.2) is 24.3 Å². The van der Waals surface area contributed by atoms with Crippen LogP contribution >= 0.6 is 0 Å². The fraction of sp³-hybridized carbons (Fsp3) is 0.0667. The van der Waals surface area contributed by atoms with Crippen molar-refractivity contribution in [2.45, 2.75) is 0 Å². The van der Waals surface area contributed by atoms with Gasteiger partial charge in [0.1, 0.15) is 19.5 Å². The van der Waals surface area contributed by atoms with Crippen molar-refractivity contribution in [3.63, 3.8) is 0 Å². The third-order valence-electron chi connectivity index (χ3n) is 2.86. The monoisotopic (exact) mass is 292 g/mol. The van der Waals surface area contributed by atoms with Crippen LogP contribution in [0.3, 0.4) is 0 Å². The van der Waals surface area contributed by atoms with Crippen molar-refractivity contribution >= 4 is 25.5 Å². The van der Waals surface area contributed by atoms with E-state index in [1.807, 2.05) is 0 Å². The normalized spacial score (nSPS) is 11.1. The van der Waals surface area contributed by atoms with Crippen molar-refractivity contribution in [3.8, 4) is 5.75 Å². The number of benzene rings is 2. The summed E-state index contributed by atoms with van der Waals surface area (Å²) in [7, 11) is 6.28. The Balaban J connectivity index is 2.49. The van der Waals surface area contributed by atoms with Crippen LogP contribution in [0, 0.1) is 23.3 Å². The van der Waals surface area contributed by atoms with Gasteiger partial charge in [0.15, 0.2) is 17.4 Å². The molecule has 1 nitrogen and oxygen atoms in total. The maximum Gasteiger partial charge on any atom is 0.190 e. The lowest BCUT2D eigenvalue weighted by Gasteiger charge is -2.11. The van der Waals surface area contributed by atoms with Gasteiger partial charge in [0.25, 0.3) is 0 Å². The zero-order chi connectivity index (χ0) is 15.6. The highest BCUT2D eigenvalue weighted by molar-refractivity contribution is 6.33. The quantitative estimate of drug-likeness (QED) is 0.479. The maximum atomic E-state index is 14.0. The summed E-state index contributed by atoms with van der Waals surface area (Å²) in [6.45, 7) is 0. The van der Waals surface area contributed by atoms with Gasteiger partial charge < -0.3 is 4.74 Å². The molecule has 2 radical (unpaired) electrons. The van der Waals surface area contributed by atoms with Gasteiger partial charge in [-0.15, -0.1) is 0 Å². The van der Waals surface area contributed by atoms with Crippen molar-refractivity contribution in [3.05, 3.63) is 58.7 Å². The zero-order valence-electron chi connectivity index (χ0n) is 11.0. The molecule has 0 aliphatic rings. The molecule has 2 rings (SSSR count). The lowest BCUT2D eigenvalue weighted by molar-refractivity contribution is 0.358. The summed E-state index contributed by atoms with van der Waals surface area (Å²) in [5, 5.41) is 0. The van der Waals surface area contributed by atoms with E-state index in [1.165, 1.54) is 30.3 Å². The Kier molecular flexibility index (Phi) is 4.36. The summed E-state index contributed by atoms with van der Waals surface area (Å²) in [6, 6.07) is 5.25. The molecule has 0 amide bonds. The number of halogens is 4. The summed E-state index contributed by atoms with van der Waals surface area (Å²) in [4.78, 5) is 0. The molecule has 2 aromatic rings. The first-order chi connectivity index (χ1) is 9.95. The molecule has 6 heteroatoms. The van der Waals surface area contributed by atoms with Gasteiger partial charge >= 0.3 is 0 Å². The second-order valence-corrected chi connectivity index (χ2v) is 4.19. The van der Waals surface area contributed by atoms with Gasteiger partial charge in [-0.25, -0.2) is 17.6 Å². The number of hydrogen-bond donors (Lipinski definition) is 0. The summed E-state index contributed by atoms with van der Waals surface area (Å²) in [5.41, 5.74) is -0.848. The Labute approximate surface area is 120 Å². The summed E-state index contributed by atoms with van der Waals surface area (Å²) >= 11 is 0. The molecular formula is C15H9BF4O. The molecule has 0 fully saturated rings. The SMILES string of the molecule is [B]c1c(F)c(/C=C/c2ccc(F)cc2)c(F)c(OC)c1F. The van der Waals surface area contributed by atoms with Gasteiger partial charge in [0.2, 0.25) is 0 Å². The third-order valence-corrected chi connectivity index (χ3v) is 2.86. The first-order valence-corrected chi connectivity index (χ1v) is 5.89. The molecule has 0 N–H and O–H groups in total. The van der Waals surface area contributed by atoms with E-state index in [4.69, 9.17) is 7.85 Å². The second-order valence-electron chi connectivity index (χ2n) is 4.19. The van der Waals surface area contributed by atoms with E-state index in [-0.39, 0.29) is 0 Å². The van der Waals surface area contributed by atoms with E-state index < -0.39 is 40.0 Å². The Hall–Kier alpha value is -2.24. The molecule has 0 saturated heterocycles. The topological polar surface area (TPSA) is 9.23 Å². The highest BCUT2D eigenvalue weighted by atomic mass is 19.1. The standard InChI is InChI=1S/C15H9BF4O/c1-21-15-13(19)10(12(18)11(16)14(15)20)7-4-8-2-5-9(17)6-3-8/h2-7H,1H3/b7-4+. The summed E-state index contributed by atoms with van der Waals surface area (Å²) in [5.74, 6) is -4.89. The largest absolute Gasteiger partial charge is 0.491 e. The predicted octanol–water partition coefficient (Wildman–Crippen LogP) is 3.22. The lowest BCUT2D eigenvalue weighted by Crippen LogP contribution is -2.18. The Morgan fingerprint density at radius 1 is 0.905 bits per heavy atom. The predicted molar refractivity (Wildman–Crippen MR) is 73.6 cm³/mol. The summed E-state index contributed by atoms with van der Waals surface area (Å²) < 4.78 is 58.6. The molecule has 0 aliphatic carbocycles. The van der Waals surface area contributed by atoms with Gasteiger partial charge in [-0.2, -0.15) is 0 Å². The number of methoxy groups -OCH3 is 1. The Morgan fingerprint density at radius 3 is 2.10 bits per heavy atom. The first kappa shape index (κ1) is 15.2. The van der Waals surface area contributed by atoms with Crippen molar-refractivity contribution in [1.29, 1.82) is 0 Å². The van der Waals surface area contributed by atoms with Crippen LogP contribution < -0.4 is 10.2 Å². The maximum absolute atomic E-state index is 14.0. The van der Waals surface area contributed by atoms with E-state index >= 15 is 0 Å². The highest BCUT2D eigenvalue weighted by Gasteiger charge is 2.21. The molecule has 0 bridgehead atoms. The van der Waals surface area contributed by atoms with Gasteiger partial charge in [0, 0.05) is 5.56 Å². The van der Waals surface area contributed by atoms with Gasteiger partial charge in [-0.3, -0.25) is 0 Å². The molecule has 0 spiro atoms. The fourth-order valence-corrected chi connectivity index (χ4v) is 1.76. The minimum absolute atomic E-state index is 0.433. The number of ether oxygens (including phenoxy) is 1. The average Bonchev–Trinajstić information content (AvgIpc) is 2.47. The van der Waals surface area contributed by atoms with Crippen LogP contribution in [0.5, 0.6) is 5.75 Å². The molecule has 0 heterocycles. The molecule has 21 heavy (non-hydrogen) atoms. The molecule has 0 unspecified atom stereocenters. The Morgan fingerprint density at radius 2 is 1.52 bits per heavy atom. The van der Waals surface area contributed by atoms with Gasteiger partial charge in [0.05, 0.1) is 7.11 Å². The molecule has 0 aliphatic heterocycles. The molecular weight excluding hydrogens is 283 g/mol. The number of rotatable bonds is 3. The van der Waals surface area contributed by atoms with Crippen molar-refractivity contribution in [2.75, 3.05) is 7.11 Å². The van der Waals surface area contributed by atoms with Gasteiger partial charge in [-0.1, -0.05) is 18.2 Å². The van der Waals surface area contributed by atoms with Crippen LogP contribution in [0.4, 0.5) is 17.6 Å². The lowest BCUT2D eigenvalue weighted by atomic mass is 9.91.